The van der Waals surface area contributed by atoms with Crippen LogP contribution in [0.25, 0.3) is 0 Å². The first-order chi connectivity index (χ1) is 7.20. The number of hydrogen-bond acceptors (Lipinski definition) is 2. The maximum atomic E-state index is 9.51. The third kappa shape index (κ3) is 5.82. The summed E-state index contributed by atoms with van der Waals surface area (Å²) in [6.07, 6.45) is 5.12. The number of rotatable bonds is 6. The van der Waals surface area contributed by atoms with E-state index < -0.39 is 8.32 Å². The number of hydrogen-bond donors (Lipinski definition) is 1. The van der Waals surface area contributed by atoms with E-state index in [-0.39, 0.29) is 11.1 Å². The van der Waals surface area contributed by atoms with Crippen LogP contribution in [-0.2, 0) is 4.43 Å². The van der Waals surface area contributed by atoms with E-state index in [1.807, 2.05) is 19.1 Å². The van der Waals surface area contributed by atoms with Crippen LogP contribution in [0.2, 0.25) is 18.1 Å². The van der Waals surface area contributed by atoms with Gasteiger partial charge in [0.1, 0.15) is 0 Å². The third-order valence-corrected chi connectivity index (χ3v) is 7.87. The molecule has 1 N–H and O–H groups in total. The maximum Gasteiger partial charge on any atom is 0.191 e. The Morgan fingerprint density at radius 2 is 1.88 bits per heavy atom. The minimum absolute atomic E-state index is 0.273. The molecule has 1 unspecified atom stereocenters. The van der Waals surface area contributed by atoms with Gasteiger partial charge in [0.25, 0.3) is 0 Å². The smallest absolute Gasteiger partial charge is 0.191 e. The second kappa shape index (κ2) is 6.57. The van der Waals surface area contributed by atoms with Crippen molar-refractivity contribution in [2.24, 2.45) is 0 Å². The lowest BCUT2D eigenvalue weighted by atomic mass is 10.2. The third-order valence-electron chi connectivity index (χ3n) is 3.33. The zero-order valence-electron chi connectivity index (χ0n) is 11.7. The van der Waals surface area contributed by atoms with Gasteiger partial charge in [-0.15, -0.1) is 0 Å². The van der Waals surface area contributed by atoms with Crippen molar-refractivity contribution < 1.29 is 9.53 Å². The number of allylic oxidation sites excluding steroid dienone is 1. The van der Waals surface area contributed by atoms with Gasteiger partial charge in [0.15, 0.2) is 8.32 Å². The first kappa shape index (κ1) is 15.9. The van der Waals surface area contributed by atoms with E-state index in [1.165, 1.54) is 0 Å². The maximum absolute atomic E-state index is 9.51. The SMILES string of the molecule is C/C=C/C(O)CCCO[Si](C)(C)C(C)(C)C. The fraction of sp³-hybridized carbons (Fsp3) is 0.846. The topological polar surface area (TPSA) is 29.5 Å². The lowest BCUT2D eigenvalue weighted by Crippen LogP contribution is -2.41. The Hall–Kier alpha value is -0.123. The van der Waals surface area contributed by atoms with E-state index in [2.05, 4.69) is 33.9 Å². The predicted octanol–water partition coefficient (Wildman–Crippen LogP) is 3.73. The fourth-order valence-electron chi connectivity index (χ4n) is 1.15. The molecule has 16 heavy (non-hydrogen) atoms. The first-order valence-electron chi connectivity index (χ1n) is 6.15. The van der Waals surface area contributed by atoms with Gasteiger partial charge in [-0.2, -0.15) is 0 Å². The highest BCUT2D eigenvalue weighted by atomic mass is 28.4. The van der Waals surface area contributed by atoms with E-state index in [0.717, 1.165) is 19.4 Å². The zero-order valence-corrected chi connectivity index (χ0v) is 12.7. The molecule has 0 aromatic carbocycles. The first-order valence-corrected chi connectivity index (χ1v) is 9.06. The summed E-state index contributed by atoms with van der Waals surface area (Å²) >= 11 is 0. The minimum Gasteiger partial charge on any atom is -0.417 e. The summed E-state index contributed by atoms with van der Waals surface area (Å²) in [4.78, 5) is 0. The van der Waals surface area contributed by atoms with Crippen molar-refractivity contribution in [3.8, 4) is 0 Å². The van der Waals surface area contributed by atoms with E-state index in [0.29, 0.717) is 0 Å². The van der Waals surface area contributed by atoms with Crippen LogP contribution in [0.3, 0.4) is 0 Å². The average molecular weight is 244 g/mol. The van der Waals surface area contributed by atoms with E-state index >= 15 is 0 Å². The largest absolute Gasteiger partial charge is 0.417 e. The second-order valence-electron chi connectivity index (χ2n) is 5.84. The Bertz CT molecular complexity index is 216. The Kier molecular flexibility index (Phi) is 6.52. The van der Waals surface area contributed by atoms with Gasteiger partial charge in [-0.3, -0.25) is 0 Å². The molecule has 1 atom stereocenters. The summed E-state index contributed by atoms with van der Waals surface area (Å²) < 4.78 is 6.03. The average Bonchev–Trinajstić information content (AvgIpc) is 2.11. The van der Waals surface area contributed by atoms with Crippen LogP contribution >= 0.6 is 0 Å². The van der Waals surface area contributed by atoms with Gasteiger partial charge >= 0.3 is 0 Å². The molecule has 0 heterocycles. The summed E-state index contributed by atoms with van der Waals surface area (Å²) in [6.45, 7) is 13.9. The van der Waals surface area contributed by atoms with Crippen LogP contribution in [0.4, 0.5) is 0 Å². The molecule has 0 aliphatic carbocycles. The molecule has 0 aromatic rings. The highest BCUT2D eigenvalue weighted by molar-refractivity contribution is 6.74. The van der Waals surface area contributed by atoms with Gasteiger partial charge in [0.05, 0.1) is 6.10 Å². The molecule has 0 fully saturated rings. The van der Waals surface area contributed by atoms with Crippen LogP contribution in [0.5, 0.6) is 0 Å². The molecule has 0 saturated carbocycles. The van der Waals surface area contributed by atoms with Crippen molar-refractivity contribution in [2.75, 3.05) is 6.61 Å². The number of aliphatic hydroxyl groups excluding tert-OH is 1. The Balaban J connectivity index is 3.83. The molecule has 3 heteroatoms. The molecule has 0 aliphatic heterocycles. The second-order valence-corrected chi connectivity index (χ2v) is 10.7. The van der Waals surface area contributed by atoms with Crippen LogP contribution in [-0.4, -0.2) is 26.1 Å². The van der Waals surface area contributed by atoms with E-state index in [9.17, 15) is 5.11 Å². The quantitative estimate of drug-likeness (QED) is 0.438. The van der Waals surface area contributed by atoms with Gasteiger partial charge in [-0.1, -0.05) is 32.9 Å². The van der Waals surface area contributed by atoms with Gasteiger partial charge in [0.2, 0.25) is 0 Å². The highest BCUT2D eigenvalue weighted by Gasteiger charge is 2.36. The highest BCUT2D eigenvalue weighted by Crippen LogP contribution is 2.36. The lowest BCUT2D eigenvalue weighted by molar-refractivity contribution is 0.191. The Morgan fingerprint density at radius 3 is 2.31 bits per heavy atom. The van der Waals surface area contributed by atoms with Gasteiger partial charge in [-0.05, 0) is 37.9 Å². The van der Waals surface area contributed by atoms with Crippen molar-refractivity contribution in [2.45, 2.75) is 64.8 Å². The van der Waals surface area contributed by atoms with E-state index in [4.69, 9.17) is 4.43 Å². The molecule has 0 spiro atoms. The van der Waals surface area contributed by atoms with Crippen molar-refractivity contribution >= 4 is 8.32 Å². The monoisotopic (exact) mass is 244 g/mol. The minimum atomic E-state index is -1.60. The molecule has 0 bridgehead atoms. The molecule has 96 valence electrons. The van der Waals surface area contributed by atoms with Crippen molar-refractivity contribution in [3.05, 3.63) is 12.2 Å². The predicted molar refractivity (Wildman–Crippen MR) is 73.2 cm³/mol. The molecule has 0 radical (unpaired) electrons. The summed E-state index contributed by atoms with van der Waals surface area (Å²) in [7, 11) is -1.60. The molecule has 0 aliphatic rings. The number of aliphatic hydroxyl groups is 1. The Morgan fingerprint density at radius 1 is 1.31 bits per heavy atom. The molecule has 0 saturated heterocycles. The van der Waals surface area contributed by atoms with E-state index in [1.54, 1.807) is 0 Å². The van der Waals surface area contributed by atoms with Crippen LogP contribution in [0.15, 0.2) is 12.2 Å². The summed E-state index contributed by atoms with van der Waals surface area (Å²) in [5.74, 6) is 0. The molecule has 0 amide bonds. The lowest BCUT2D eigenvalue weighted by Gasteiger charge is -2.36. The van der Waals surface area contributed by atoms with Crippen molar-refractivity contribution in [1.29, 1.82) is 0 Å². The van der Waals surface area contributed by atoms with Gasteiger partial charge in [-0.25, -0.2) is 0 Å². The fourth-order valence-corrected chi connectivity index (χ4v) is 2.24. The van der Waals surface area contributed by atoms with Crippen LogP contribution < -0.4 is 0 Å². The molecule has 2 nitrogen and oxygen atoms in total. The summed E-state index contributed by atoms with van der Waals surface area (Å²) in [6, 6.07) is 0. The van der Waals surface area contributed by atoms with Gasteiger partial charge < -0.3 is 9.53 Å². The van der Waals surface area contributed by atoms with Crippen LogP contribution in [0, 0.1) is 0 Å². The Labute approximate surface area is 102 Å². The normalized spacial score (nSPS) is 15.7. The standard InChI is InChI=1S/C13H28O2Si/c1-7-9-12(14)10-8-11-15-16(5,6)13(2,3)4/h7,9,12,14H,8,10-11H2,1-6H3/b9-7+. The van der Waals surface area contributed by atoms with Crippen molar-refractivity contribution in [3.63, 3.8) is 0 Å². The molecule has 0 aromatic heterocycles. The molecule has 0 rings (SSSR count). The summed E-state index contributed by atoms with van der Waals surface area (Å²) in [5, 5.41) is 9.78. The molecular weight excluding hydrogens is 216 g/mol. The molecular formula is C13H28O2Si. The van der Waals surface area contributed by atoms with Crippen LogP contribution in [0.1, 0.15) is 40.5 Å². The summed E-state index contributed by atoms with van der Waals surface area (Å²) in [5.41, 5.74) is 0. The van der Waals surface area contributed by atoms with Gasteiger partial charge in [0, 0.05) is 6.61 Å². The zero-order chi connectivity index (χ0) is 12.8. The van der Waals surface area contributed by atoms with Crippen molar-refractivity contribution in [1.82, 2.24) is 0 Å².